The summed E-state index contributed by atoms with van der Waals surface area (Å²) in [5.74, 6) is -5.05. The number of anilines is 1. The first-order valence-corrected chi connectivity index (χ1v) is 12.6. The SMILES string of the molecule is CC(=O)OCC1=C(C(=O)O)N2C(=O)[C@H](NC(=O)/C(=N\O[C@H](C(=O)O)c3ccco3)c3csc(N)n3)[C@H]2SC1. The van der Waals surface area contributed by atoms with Crippen molar-refractivity contribution >= 4 is 63.7 Å². The average molecular weight is 566 g/mol. The molecule has 200 valence electrons. The van der Waals surface area contributed by atoms with Gasteiger partial charge in [0.25, 0.3) is 17.9 Å². The molecule has 2 amide bonds. The normalized spacial score (nSPS) is 19.8. The summed E-state index contributed by atoms with van der Waals surface area (Å²) in [6.45, 7) is 0.878. The molecule has 0 spiro atoms. The number of thioether (sulfide) groups is 1. The van der Waals surface area contributed by atoms with Gasteiger partial charge in [-0.1, -0.05) is 5.16 Å². The topological polar surface area (TPSA) is 224 Å². The van der Waals surface area contributed by atoms with Gasteiger partial charge in [-0.25, -0.2) is 14.6 Å². The molecule has 5 N–H and O–H groups in total. The summed E-state index contributed by atoms with van der Waals surface area (Å²) in [6.07, 6.45) is -0.446. The lowest BCUT2D eigenvalue weighted by Gasteiger charge is -2.49. The summed E-state index contributed by atoms with van der Waals surface area (Å²) in [4.78, 5) is 70.8. The zero-order valence-corrected chi connectivity index (χ0v) is 21.0. The summed E-state index contributed by atoms with van der Waals surface area (Å²) in [6, 6.07) is 1.65. The number of hydrogen-bond donors (Lipinski definition) is 4. The van der Waals surface area contributed by atoms with Crippen molar-refractivity contribution in [1.29, 1.82) is 0 Å². The van der Waals surface area contributed by atoms with E-state index in [1.54, 1.807) is 0 Å². The maximum Gasteiger partial charge on any atom is 0.355 e. The Morgan fingerprint density at radius 3 is 2.71 bits per heavy atom. The molecule has 2 aliphatic rings. The van der Waals surface area contributed by atoms with E-state index < -0.39 is 53.0 Å². The number of oxime groups is 1. The lowest BCUT2D eigenvalue weighted by Crippen LogP contribution is -2.71. The molecule has 17 heteroatoms. The predicted molar refractivity (Wildman–Crippen MR) is 130 cm³/mol. The van der Waals surface area contributed by atoms with E-state index >= 15 is 0 Å². The first kappa shape index (κ1) is 26.7. The molecule has 0 saturated carbocycles. The minimum absolute atomic E-state index is 0.0386. The summed E-state index contributed by atoms with van der Waals surface area (Å²) in [5, 5.41) is 26.0. The first-order chi connectivity index (χ1) is 18.1. The Bertz CT molecular complexity index is 1350. The third kappa shape index (κ3) is 5.32. The molecule has 4 heterocycles. The maximum absolute atomic E-state index is 13.2. The molecule has 1 saturated heterocycles. The fourth-order valence-electron chi connectivity index (χ4n) is 3.56. The molecule has 0 radical (unpaired) electrons. The van der Waals surface area contributed by atoms with Crippen LogP contribution in [0.15, 0.2) is 44.6 Å². The van der Waals surface area contributed by atoms with Gasteiger partial charge in [0.2, 0.25) is 0 Å². The molecule has 2 aliphatic heterocycles. The Morgan fingerprint density at radius 1 is 1.37 bits per heavy atom. The smallest absolute Gasteiger partial charge is 0.355 e. The van der Waals surface area contributed by atoms with Crippen LogP contribution in [0.1, 0.15) is 24.5 Å². The number of aliphatic carboxylic acids is 2. The second-order valence-electron chi connectivity index (χ2n) is 7.75. The Hall–Kier alpha value is -4.38. The highest BCUT2D eigenvalue weighted by Gasteiger charge is 2.54. The van der Waals surface area contributed by atoms with Crippen LogP contribution in [0.25, 0.3) is 0 Å². The summed E-state index contributed by atoms with van der Waals surface area (Å²) < 4.78 is 9.94. The van der Waals surface area contributed by atoms with Crippen molar-refractivity contribution in [3.8, 4) is 0 Å². The molecule has 0 bridgehead atoms. The van der Waals surface area contributed by atoms with Crippen molar-refractivity contribution in [3.63, 3.8) is 0 Å². The van der Waals surface area contributed by atoms with Crippen LogP contribution in [0.3, 0.4) is 0 Å². The van der Waals surface area contributed by atoms with Crippen LogP contribution in [-0.2, 0) is 33.5 Å². The number of thiazole rings is 1. The zero-order chi connectivity index (χ0) is 27.6. The number of carboxylic acid groups (broad SMARTS) is 2. The number of β-lactam (4-membered cyclic amide) rings is 1. The Kier molecular flexibility index (Phi) is 7.67. The molecule has 0 unspecified atom stereocenters. The van der Waals surface area contributed by atoms with Crippen molar-refractivity contribution in [1.82, 2.24) is 15.2 Å². The van der Waals surface area contributed by atoms with Crippen molar-refractivity contribution in [2.24, 2.45) is 5.16 Å². The van der Waals surface area contributed by atoms with Crippen molar-refractivity contribution in [3.05, 3.63) is 46.5 Å². The number of carboxylic acids is 2. The molecule has 3 atom stereocenters. The molecule has 0 aliphatic carbocycles. The van der Waals surface area contributed by atoms with Crippen molar-refractivity contribution in [2.75, 3.05) is 18.1 Å². The van der Waals surface area contributed by atoms with E-state index in [1.165, 1.54) is 30.7 Å². The summed E-state index contributed by atoms with van der Waals surface area (Å²) >= 11 is 2.15. The molecule has 2 aromatic heterocycles. The second-order valence-corrected chi connectivity index (χ2v) is 9.74. The largest absolute Gasteiger partial charge is 0.478 e. The van der Waals surface area contributed by atoms with E-state index in [2.05, 4.69) is 15.5 Å². The van der Waals surface area contributed by atoms with E-state index in [4.69, 9.17) is 19.7 Å². The van der Waals surface area contributed by atoms with Crippen LogP contribution in [0.4, 0.5) is 5.13 Å². The number of aromatic nitrogens is 1. The second kappa shape index (κ2) is 10.9. The Balaban J connectivity index is 1.55. The lowest BCUT2D eigenvalue weighted by molar-refractivity contribution is -0.152. The fourth-order valence-corrected chi connectivity index (χ4v) is 5.43. The highest BCUT2D eigenvalue weighted by Crippen LogP contribution is 2.40. The third-order valence-corrected chi connectivity index (χ3v) is 7.25. The van der Waals surface area contributed by atoms with E-state index in [0.717, 1.165) is 28.0 Å². The minimum atomic E-state index is -1.68. The van der Waals surface area contributed by atoms with Gasteiger partial charge in [-0.15, -0.1) is 23.1 Å². The van der Waals surface area contributed by atoms with Crippen LogP contribution in [0.2, 0.25) is 0 Å². The lowest BCUT2D eigenvalue weighted by atomic mass is 10.0. The highest BCUT2D eigenvalue weighted by atomic mass is 32.2. The molecule has 1 fully saturated rings. The van der Waals surface area contributed by atoms with E-state index in [9.17, 15) is 34.2 Å². The van der Waals surface area contributed by atoms with E-state index in [0.29, 0.717) is 0 Å². The minimum Gasteiger partial charge on any atom is -0.478 e. The van der Waals surface area contributed by atoms with Crippen molar-refractivity contribution in [2.45, 2.75) is 24.4 Å². The Labute approximate surface area is 221 Å². The first-order valence-electron chi connectivity index (χ1n) is 10.6. The number of hydrogen-bond acceptors (Lipinski definition) is 13. The third-order valence-electron chi connectivity index (χ3n) is 5.24. The fraction of sp³-hybridized carbons (Fsp3) is 0.286. The van der Waals surface area contributed by atoms with E-state index in [1.807, 2.05) is 0 Å². The molecular weight excluding hydrogens is 546 g/mol. The predicted octanol–water partition coefficient (Wildman–Crippen LogP) is 0.167. The van der Waals surface area contributed by atoms with E-state index in [-0.39, 0.29) is 40.2 Å². The number of rotatable bonds is 10. The van der Waals surface area contributed by atoms with Crippen LogP contribution in [0.5, 0.6) is 0 Å². The number of nitrogens with zero attached hydrogens (tertiary/aromatic N) is 3. The van der Waals surface area contributed by atoms with Gasteiger partial charge >= 0.3 is 17.9 Å². The van der Waals surface area contributed by atoms with Gasteiger partial charge in [0.05, 0.1) is 6.26 Å². The number of nitrogens with two attached hydrogens (primary N) is 1. The average Bonchev–Trinajstić information content (AvgIpc) is 3.54. The quantitative estimate of drug-likeness (QED) is 0.131. The van der Waals surface area contributed by atoms with Gasteiger partial charge < -0.3 is 35.3 Å². The number of nitrogen functional groups attached to an aromatic ring is 1. The maximum atomic E-state index is 13.2. The van der Waals surface area contributed by atoms with Crippen molar-refractivity contribution < 1.29 is 48.2 Å². The number of esters is 1. The van der Waals surface area contributed by atoms with Gasteiger partial charge in [-0.2, -0.15) is 0 Å². The molecule has 15 nitrogen and oxygen atoms in total. The molecule has 38 heavy (non-hydrogen) atoms. The van der Waals surface area contributed by atoms with Gasteiger partial charge in [-0.05, 0) is 12.1 Å². The van der Waals surface area contributed by atoms with Gasteiger partial charge in [0, 0.05) is 23.6 Å². The van der Waals surface area contributed by atoms with Crippen LogP contribution in [-0.4, -0.2) is 79.3 Å². The summed E-state index contributed by atoms with van der Waals surface area (Å²) in [7, 11) is 0. The number of carbonyl (C=O) groups is 5. The monoisotopic (exact) mass is 565 g/mol. The Morgan fingerprint density at radius 2 is 2.13 bits per heavy atom. The standard InChI is InChI=1S/C21H19N5O10S2/c1-8(27)35-5-9-6-37-18-13(17(29)26(18)14(9)19(30)31)24-16(28)12(10-7-38-21(22)23-10)25-36-15(20(32)33)11-3-2-4-34-11/h2-4,7,13,15,18H,5-6H2,1H3,(H2,22,23)(H,24,28)(H,30,31)(H,32,33)/b25-12-/t13-,15-,18+/m0/s1. The molecule has 2 aromatic rings. The summed E-state index contributed by atoms with van der Waals surface area (Å²) in [5.41, 5.74) is 5.07. The van der Waals surface area contributed by atoms with Gasteiger partial charge in [0.15, 0.2) is 16.6 Å². The van der Waals surface area contributed by atoms with Gasteiger partial charge in [-0.3, -0.25) is 19.3 Å². The number of fused-ring (bicyclic) bond motifs is 1. The van der Waals surface area contributed by atoms with Crippen LogP contribution >= 0.6 is 23.1 Å². The molecule has 0 aromatic carbocycles. The highest BCUT2D eigenvalue weighted by molar-refractivity contribution is 8.00. The number of furan rings is 1. The number of ether oxygens (including phenoxy) is 1. The van der Waals surface area contributed by atoms with Crippen LogP contribution < -0.4 is 11.1 Å². The number of nitrogens with one attached hydrogen (secondary N) is 1. The number of amides is 2. The zero-order valence-electron chi connectivity index (χ0n) is 19.4. The van der Waals surface area contributed by atoms with Gasteiger partial charge in [0.1, 0.15) is 29.4 Å². The number of carbonyl (C=O) groups excluding carboxylic acids is 3. The molecule has 4 rings (SSSR count). The van der Waals surface area contributed by atoms with Crippen LogP contribution in [0, 0.1) is 0 Å². The molecular formula is C21H19N5O10S2.